The van der Waals surface area contributed by atoms with Crippen LogP contribution >= 0.6 is 0 Å². The zero-order valence-electron chi connectivity index (χ0n) is 8.60. The fourth-order valence-corrected chi connectivity index (χ4v) is 1.32. The average molecular weight is 221 g/mol. The standard InChI is InChI=1S/C11H11NO4/c1-12-10(11(15)16)9(6-13)7-2-4-8(14)5-3-7/h2-5,10,12,14H,1H3,(H,15,16). The molecule has 0 aliphatic rings. The van der Waals surface area contributed by atoms with Gasteiger partial charge in [-0.25, -0.2) is 4.79 Å². The van der Waals surface area contributed by atoms with Crippen molar-refractivity contribution in [2.75, 3.05) is 7.05 Å². The molecule has 84 valence electrons. The lowest BCUT2D eigenvalue weighted by molar-refractivity contribution is -0.137. The van der Waals surface area contributed by atoms with Crippen LogP contribution in [-0.4, -0.2) is 35.2 Å². The molecule has 0 amide bonds. The fraction of sp³-hybridized carbons (Fsp3) is 0.182. The molecule has 0 spiro atoms. The predicted molar refractivity (Wildman–Crippen MR) is 57.7 cm³/mol. The molecule has 0 heterocycles. The minimum Gasteiger partial charge on any atom is -0.508 e. The first-order valence-electron chi connectivity index (χ1n) is 4.54. The highest BCUT2D eigenvalue weighted by Crippen LogP contribution is 2.18. The number of aromatic hydroxyl groups is 1. The van der Waals surface area contributed by atoms with E-state index in [1.165, 1.54) is 31.3 Å². The van der Waals surface area contributed by atoms with Gasteiger partial charge in [-0.3, -0.25) is 4.79 Å². The highest BCUT2D eigenvalue weighted by Gasteiger charge is 2.22. The number of phenols is 1. The highest BCUT2D eigenvalue weighted by molar-refractivity contribution is 6.01. The third kappa shape index (κ3) is 2.48. The molecular formula is C11H11NO4. The second-order valence-electron chi connectivity index (χ2n) is 3.12. The van der Waals surface area contributed by atoms with Crippen LogP contribution < -0.4 is 5.32 Å². The molecule has 1 atom stereocenters. The number of nitrogens with one attached hydrogen (secondary N) is 1. The van der Waals surface area contributed by atoms with Crippen molar-refractivity contribution >= 4 is 17.5 Å². The van der Waals surface area contributed by atoms with E-state index in [0.717, 1.165) is 0 Å². The molecule has 1 aromatic carbocycles. The maximum absolute atomic E-state index is 10.9. The van der Waals surface area contributed by atoms with E-state index < -0.39 is 12.0 Å². The lowest BCUT2D eigenvalue weighted by atomic mass is 10.00. The van der Waals surface area contributed by atoms with Crippen LogP contribution in [0.2, 0.25) is 0 Å². The summed E-state index contributed by atoms with van der Waals surface area (Å²) in [6.45, 7) is 0. The molecule has 1 aromatic rings. The molecule has 1 rings (SSSR count). The summed E-state index contributed by atoms with van der Waals surface area (Å²) < 4.78 is 0. The van der Waals surface area contributed by atoms with Crippen LogP contribution in [0.4, 0.5) is 0 Å². The van der Waals surface area contributed by atoms with E-state index in [2.05, 4.69) is 5.32 Å². The summed E-state index contributed by atoms with van der Waals surface area (Å²) in [6.07, 6.45) is 0. The average Bonchev–Trinajstić information content (AvgIpc) is 2.26. The predicted octanol–water partition coefficient (Wildman–Crippen LogP) is 0.280. The lowest BCUT2D eigenvalue weighted by Gasteiger charge is -2.12. The summed E-state index contributed by atoms with van der Waals surface area (Å²) in [4.78, 5) is 21.6. The monoisotopic (exact) mass is 221 g/mol. The Morgan fingerprint density at radius 2 is 1.94 bits per heavy atom. The van der Waals surface area contributed by atoms with Crippen molar-refractivity contribution in [3.63, 3.8) is 0 Å². The number of benzene rings is 1. The molecule has 0 bridgehead atoms. The lowest BCUT2D eigenvalue weighted by Crippen LogP contribution is -2.35. The zero-order chi connectivity index (χ0) is 12.1. The maximum atomic E-state index is 10.9. The minimum absolute atomic E-state index is 0.00463. The van der Waals surface area contributed by atoms with Gasteiger partial charge >= 0.3 is 5.97 Å². The Balaban J connectivity index is 3.13. The van der Waals surface area contributed by atoms with Crippen molar-refractivity contribution in [2.24, 2.45) is 0 Å². The van der Waals surface area contributed by atoms with Gasteiger partial charge in [0.15, 0.2) is 0 Å². The molecule has 0 saturated heterocycles. The highest BCUT2D eigenvalue weighted by atomic mass is 16.4. The van der Waals surface area contributed by atoms with E-state index in [0.29, 0.717) is 5.56 Å². The third-order valence-corrected chi connectivity index (χ3v) is 2.11. The van der Waals surface area contributed by atoms with Crippen molar-refractivity contribution in [3.8, 4) is 5.75 Å². The van der Waals surface area contributed by atoms with E-state index in [-0.39, 0.29) is 11.3 Å². The summed E-state index contributed by atoms with van der Waals surface area (Å²) in [5.41, 5.74) is 0.407. The van der Waals surface area contributed by atoms with E-state index in [1.807, 2.05) is 0 Å². The topological polar surface area (TPSA) is 86.6 Å². The number of likely N-dealkylation sites (N-methyl/N-ethyl adjacent to an activating group) is 1. The normalized spacial score (nSPS) is 11.6. The van der Waals surface area contributed by atoms with Crippen molar-refractivity contribution in [1.29, 1.82) is 0 Å². The van der Waals surface area contributed by atoms with Crippen molar-refractivity contribution in [2.45, 2.75) is 6.04 Å². The van der Waals surface area contributed by atoms with Crippen LogP contribution in [0.15, 0.2) is 24.3 Å². The van der Waals surface area contributed by atoms with Gasteiger partial charge in [0.2, 0.25) is 0 Å². The summed E-state index contributed by atoms with van der Waals surface area (Å²) in [6, 6.07) is 4.57. The van der Waals surface area contributed by atoms with Gasteiger partial charge in [-0.1, -0.05) is 12.1 Å². The molecule has 0 fully saturated rings. The van der Waals surface area contributed by atoms with Crippen LogP contribution in [0.25, 0.3) is 5.57 Å². The SMILES string of the molecule is CNC(C(=O)O)C(=C=O)c1ccc(O)cc1. The van der Waals surface area contributed by atoms with Crippen molar-refractivity contribution in [3.05, 3.63) is 29.8 Å². The van der Waals surface area contributed by atoms with Gasteiger partial charge in [-0.15, -0.1) is 0 Å². The van der Waals surface area contributed by atoms with E-state index in [4.69, 9.17) is 10.2 Å². The molecule has 16 heavy (non-hydrogen) atoms. The Morgan fingerprint density at radius 3 is 2.31 bits per heavy atom. The Morgan fingerprint density at radius 1 is 1.38 bits per heavy atom. The van der Waals surface area contributed by atoms with E-state index in [1.54, 1.807) is 5.94 Å². The molecule has 3 N–H and O–H groups in total. The van der Waals surface area contributed by atoms with Gasteiger partial charge in [0.1, 0.15) is 17.7 Å². The van der Waals surface area contributed by atoms with Crippen molar-refractivity contribution < 1.29 is 19.8 Å². The quantitative estimate of drug-likeness (QED) is 0.636. The largest absolute Gasteiger partial charge is 0.508 e. The molecule has 5 heteroatoms. The number of carbonyl (C=O) groups is 1. The van der Waals surface area contributed by atoms with Crippen LogP contribution in [0, 0.1) is 0 Å². The Labute approximate surface area is 92.0 Å². The summed E-state index contributed by atoms with van der Waals surface area (Å²) >= 11 is 0. The van der Waals surface area contributed by atoms with Crippen LogP contribution in [0.3, 0.4) is 0 Å². The second kappa shape index (κ2) is 5.11. The Kier molecular flexibility index (Phi) is 3.83. The number of hydrogen-bond donors (Lipinski definition) is 3. The van der Waals surface area contributed by atoms with Gasteiger partial charge < -0.3 is 15.5 Å². The van der Waals surface area contributed by atoms with Crippen LogP contribution in [0.5, 0.6) is 5.75 Å². The molecule has 5 nitrogen and oxygen atoms in total. The molecule has 1 unspecified atom stereocenters. The van der Waals surface area contributed by atoms with Crippen LogP contribution in [0.1, 0.15) is 5.56 Å². The molecule has 0 aliphatic heterocycles. The number of hydrogen-bond acceptors (Lipinski definition) is 4. The van der Waals surface area contributed by atoms with Gasteiger partial charge in [-0.05, 0) is 24.7 Å². The molecule has 0 radical (unpaired) electrons. The first-order valence-corrected chi connectivity index (χ1v) is 4.54. The van der Waals surface area contributed by atoms with E-state index >= 15 is 0 Å². The number of carbonyl (C=O) groups excluding carboxylic acids is 1. The number of rotatable bonds is 4. The first kappa shape index (κ1) is 12.0. The molecule has 0 aromatic heterocycles. The summed E-state index contributed by atoms with van der Waals surface area (Å²) in [5, 5.41) is 20.5. The first-order chi connectivity index (χ1) is 7.60. The number of phenolic OH excluding ortho intramolecular Hbond substituents is 1. The molecule has 0 saturated carbocycles. The van der Waals surface area contributed by atoms with Crippen LogP contribution in [-0.2, 0) is 9.59 Å². The van der Waals surface area contributed by atoms with Crippen molar-refractivity contribution in [1.82, 2.24) is 5.32 Å². The molecular weight excluding hydrogens is 210 g/mol. The maximum Gasteiger partial charge on any atom is 0.326 e. The fourth-order valence-electron chi connectivity index (χ4n) is 1.32. The zero-order valence-corrected chi connectivity index (χ0v) is 8.60. The number of carboxylic acids is 1. The molecule has 0 aliphatic carbocycles. The number of aliphatic carboxylic acids is 1. The van der Waals surface area contributed by atoms with Gasteiger partial charge in [-0.2, -0.15) is 0 Å². The Hall–Kier alpha value is -2.10. The summed E-state index contributed by atoms with van der Waals surface area (Å²) in [5.74, 6) is 0.500. The smallest absolute Gasteiger partial charge is 0.326 e. The second-order valence-corrected chi connectivity index (χ2v) is 3.12. The van der Waals surface area contributed by atoms with E-state index in [9.17, 15) is 9.59 Å². The minimum atomic E-state index is -1.16. The Bertz CT molecular complexity index is 432. The third-order valence-electron chi connectivity index (χ3n) is 2.11. The number of carboxylic acid groups (broad SMARTS) is 1. The van der Waals surface area contributed by atoms with Gasteiger partial charge in [0, 0.05) is 0 Å². The van der Waals surface area contributed by atoms with Gasteiger partial charge in [0.25, 0.3) is 0 Å². The van der Waals surface area contributed by atoms with Gasteiger partial charge in [0.05, 0.1) is 5.57 Å². The summed E-state index contributed by atoms with van der Waals surface area (Å²) in [7, 11) is 1.44.